The number of nitrogens with two attached hydrogens (primary N) is 1. The summed E-state index contributed by atoms with van der Waals surface area (Å²) in [5, 5.41) is 0. The number of hydrazine groups is 1. The summed E-state index contributed by atoms with van der Waals surface area (Å²) in [4.78, 5) is 11.9. The predicted octanol–water partition coefficient (Wildman–Crippen LogP) is 3.45. The van der Waals surface area contributed by atoms with Crippen LogP contribution < -0.4 is 20.7 Å². The number of amides is 1. The van der Waals surface area contributed by atoms with Gasteiger partial charge >= 0.3 is 0 Å². The predicted molar refractivity (Wildman–Crippen MR) is 99.6 cm³/mol. The van der Waals surface area contributed by atoms with Gasteiger partial charge in [0.1, 0.15) is 24.7 Å². The lowest BCUT2D eigenvalue weighted by Gasteiger charge is -2.12. The molecule has 3 rings (SSSR count). The third-order valence-corrected chi connectivity index (χ3v) is 3.77. The first-order valence-electron chi connectivity index (χ1n) is 8.24. The van der Waals surface area contributed by atoms with Crippen molar-refractivity contribution >= 4 is 5.91 Å². The van der Waals surface area contributed by atoms with Crippen molar-refractivity contribution in [3.8, 4) is 11.5 Å². The quantitative estimate of drug-likeness (QED) is 0.390. The van der Waals surface area contributed by atoms with Crippen molar-refractivity contribution in [3.63, 3.8) is 0 Å². The molecule has 3 aromatic carbocycles. The van der Waals surface area contributed by atoms with E-state index in [1.165, 1.54) is 0 Å². The number of nitrogen functional groups attached to an aromatic ring is 1. The molecule has 3 aromatic rings. The second-order valence-corrected chi connectivity index (χ2v) is 5.72. The van der Waals surface area contributed by atoms with Crippen LogP contribution in [0.15, 0.2) is 78.9 Å². The van der Waals surface area contributed by atoms with Crippen molar-refractivity contribution in [3.05, 3.63) is 95.6 Å². The molecule has 0 spiro atoms. The Balaban J connectivity index is 1.75. The number of benzene rings is 3. The third-order valence-electron chi connectivity index (χ3n) is 3.77. The van der Waals surface area contributed by atoms with Crippen LogP contribution in [0.1, 0.15) is 21.5 Å². The van der Waals surface area contributed by atoms with Gasteiger partial charge in [-0.3, -0.25) is 10.2 Å². The fourth-order valence-corrected chi connectivity index (χ4v) is 2.43. The molecule has 0 atom stereocenters. The van der Waals surface area contributed by atoms with Crippen molar-refractivity contribution in [2.75, 3.05) is 0 Å². The van der Waals surface area contributed by atoms with E-state index in [4.69, 9.17) is 15.3 Å². The van der Waals surface area contributed by atoms with Crippen molar-refractivity contribution in [1.29, 1.82) is 0 Å². The fourth-order valence-electron chi connectivity index (χ4n) is 2.43. The number of carbonyl (C=O) groups excluding carboxylic acids is 1. The maximum atomic E-state index is 11.9. The zero-order valence-electron chi connectivity index (χ0n) is 14.2. The Morgan fingerprint density at radius 2 is 1.23 bits per heavy atom. The van der Waals surface area contributed by atoms with Crippen LogP contribution in [0.25, 0.3) is 0 Å². The van der Waals surface area contributed by atoms with Gasteiger partial charge in [-0.1, -0.05) is 60.7 Å². The van der Waals surface area contributed by atoms with Gasteiger partial charge in [0.15, 0.2) is 0 Å². The molecule has 0 radical (unpaired) electrons. The topological polar surface area (TPSA) is 73.6 Å². The van der Waals surface area contributed by atoms with Crippen molar-refractivity contribution in [2.45, 2.75) is 13.2 Å². The number of hydrogen-bond donors (Lipinski definition) is 2. The highest BCUT2D eigenvalue weighted by molar-refractivity contribution is 5.94. The van der Waals surface area contributed by atoms with E-state index in [2.05, 4.69) is 5.43 Å². The van der Waals surface area contributed by atoms with Crippen LogP contribution in [0.3, 0.4) is 0 Å². The van der Waals surface area contributed by atoms with Gasteiger partial charge in [0.25, 0.3) is 5.91 Å². The Hall–Kier alpha value is -3.31. The lowest BCUT2D eigenvalue weighted by molar-refractivity contribution is 0.0952. The molecule has 0 bridgehead atoms. The van der Waals surface area contributed by atoms with E-state index in [1.54, 1.807) is 18.2 Å². The molecule has 0 aliphatic carbocycles. The van der Waals surface area contributed by atoms with Crippen LogP contribution in [-0.4, -0.2) is 5.91 Å². The Morgan fingerprint density at radius 1 is 0.769 bits per heavy atom. The summed E-state index contributed by atoms with van der Waals surface area (Å²) in [5.74, 6) is 5.93. The Labute approximate surface area is 152 Å². The molecule has 132 valence electrons. The minimum atomic E-state index is -0.403. The van der Waals surface area contributed by atoms with Gasteiger partial charge in [-0.05, 0) is 23.3 Å². The molecule has 3 N–H and O–H groups in total. The standard InChI is InChI=1S/C21H20N2O3/c22-23-21(24)18-11-19(25-14-16-7-3-1-4-8-16)13-20(12-18)26-15-17-9-5-2-6-10-17/h1-13H,14-15,22H2,(H,23,24). The van der Waals surface area contributed by atoms with Crippen LogP contribution in [0, 0.1) is 0 Å². The van der Waals surface area contributed by atoms with E-state index in [-0.39, 0.29) is 0 Å². The molecular formula is C21H20N2O3. The molecule has 0 saturated heterocycles. The summed E-state index contributed by atoms with van der Waals surface area (Å²) < 4.78 is 11.6. The molecule has 26 heavy (non-hydrogen) atoms. The highest BCUT2D eigenvalue weighted by Crippen LogP contribution is 2.25. The largest absolute Gasteiger partial charge is 0.489 e. The van der Waals surface area contributed by atoms with Crippen LogP contribution in [0.5, 0.6) is 11.5 Å². The van der Waals surface area contributed by atoms with E-state index >= 15 is 0 Å². The maximum Gasteiger partial charge on any atom is 0.265 e. The normalized spacial score (nSPS) is 10.2. The highest BCUT2D eigenvalue weighted by atomic mass is 16.5. The lowest BCUT2D eigenvalue weighted by Crippen LogP contribution is -2.30. The van der Waals surface area contributed by atoms with Crippen molar-refractivity contribution in [1.82, 2.24) is 5.43 Å². The second-order valence-electron chi connectivity index (χ2n) is 5.72. The summed E-state index contributed by atoms with van der Waals surface area (Å²) in [6.45, 7) is 0.791. The third kappa shape index (κ3) is 4.84. The summed E-state index contributed by atoms with van der Waals surface area (Å²) >= 11 is 0. The van der Waals surface area contributed by atoms with Gasteiger partial charge in [0.2, 0.25) is 0 Å². The summed E-state index contributed by atoms with van der Waals surface area (Å²) in [7, 11) is 0. The van der Waals surface area contributed by atoms with E-state index in [1.807, 2.05) is 60.7 Å². The average molecular weight is 348 g/mol. The van der Waals surface area contributed by atoms with Crippen LogP contribution in [0.4, 0.5) is 0 Å². The van der Waals surface area contributed by atoms with Gasteiger partial charge < -0.3 is 9.47 Å². The first kappa shape index (κ1) is 17.5. The zero-order chi connectivity index (χ0) is 18.2. The monoisotopic (exact) mass is 348 g/mol. The van der Waals surface area contributed by atoms with Gasteiger partial charge in [-0.2, -0.15) is 0 Å². The molecule has 0 aliphatic rings. The van der Waals surface area contributed by atoms with E-state index in [9.17, 15) is 4.79 Å². The first-order valence-corrected chi connectivity index (χ1v) is 8.24. The molecule has 0 unspecified atom stereocenters. The Morgan fingerprint density at radius 3 is 1.65 bits per heavy atom. The molecular weight excluding hydrogens is 328 g/mol. The fraction of sp³-hybridized carbons (Fsp3) is 0.0952. The average Bonchev–Trinajstić information content (AvgIpc) is 2.71. The van der Waals surface area contributed by atoms with Gasteiger partial charge in [-0.15, -0.1) is 0 Å². The molecule has 0 aliphatic heterocycles. The first-order chi connectivity index (χ1) is 12.7. The summed E-state index contributed by atoms with van der Waals surface area (Å²) in [6.07, 6.45) is 0. The SMILES string of the molecule is NNC(=O)c1cc(OCc2ccccc2)cc(OCc2ccccc2)c1. The second kappa shape index (κ2) is 8.69. The van der Waals surface area contributed by atoms with Crippen molar-refractivity contribution < 1.29 is 14.3 Å². The molecule has 5 nitrogen and oxygen atoms in total. The summed E-state index contributed by atoms with van der Waals surface area (Å²) in [5.41, 5.74) is 4.58. The van der Waals surface area contributed by atoms with Crippen molar-refractivity contribution in [2.24, 2.45) is 5.84 Å². The number of rotatable bonds is 7. The smallest absolute Gasteiger partial charge is 0.265 e. The Bertz CT molecular complexity index is 790. The number of hydrogen-bond acceptors (Lipinski definition) is 4. The lowest BCUT2D eigenvalue weighted by atomic mass is 10.2. The van der Waals surface area contributed by atoms with E-state index in [0.717, 1.165) is 11.1 Å². The molecule has 0 aromatic heterocycles. The number of ether oxygens (including phenoxy) is 2. The Kier molecular flexibility index (Phi) is 5.85. The number of nitrogens with one attached hydrogen (secondary N) is 1. The molecule has 1 amide bonds. The summed E-state index contributed by atoms with van der Waals surface area (Å²) in [6, 6.07) is 24.6. The van der Waals surface area contributed by atoms with Gasteiger partial charge in [-0.25, -0.2) is 5.84 Å². The van der Waals surface area contributed by atoms with E-state index < -0.39 is 5.91 Å². The maximum absolute atomic E-state index is 11.9. The molecule has 0 heterocycles. The molecule has 0 fully saturated rings. The van der Waals surface area contributed by atoms with Crippen LogP contribution in [0.2, 0.25) is 0 Å². The van der Waals surface area contributed by atoms with E-state index in [0.29, 0.717) is 30.3 Å². The molecule has 5 heteroatoms. The number of carbonyl (C=O) groups is 1. The zero-order valence-corrected chi connectivity index (χ0v) is 14.2. The minimum absolute atomic E-state index is 0.376. The minimum Gasteiger partial charge on any atom is -0.489 e. The molecule has 0 saturated carbocycles. The van der Waals surface area contributed by atoms with Crippen LogP contribution in [-0.2, 0) is 13.2 Å². The van der Waals surface area contributed by atoms with Gasteiger partial charge in [0, 0.05) is 11.6 Å². The highest BCUT2D eigenvalue weighted by Gasteiger charge is 2.10. The van der Waals surface area contributed by atoms with Crippen LogP contribution >= 0.6 is 0 Å². The van der Waals surface area contributed by atoms with Gasteiger partial charge in [0.05, 0.1) is 0 Å².